The van der Waals surface area contributed by atoms with Gasteiger partial charge in [0, 0.05) is 31.2 Å². The molecule has 1 aromatic heterocycles. The number of nitrogens with zero attached hydrogens (tertiary/aromatic N) is 1. The molecular formula is C17H29N3O2S. The van der Waals surface area contributed by atoms with E-state index in [-0.39, 0.29) is 18.2 Å². The van der Waals surface area contributed by atoms with Gasteiger partial charge in [-0.2, -0.15) is 11.3 Å². The fourth-order valence-electron chi connectivity index (χ4n) is 2.73. The summed E-state index contributed by atoms with van der Waals surface area (Å²) in [5, 5.41) is 7.22. The number of alkyl carbamates (subject to hydrolysis) is 1. The van der Waals surface area contributed by atoms with Crippen LogP contribution in [0.15, 0.2) is 16.8 Å². The Balaban J connectivity index is 1.98. The normalized spacial score (nSPS) is 17.8. The molecule has 1 aliphatic carbocycles. The number of hydrogen-bond donors (Lipinski definition) is 2. The molecule has 6 heteroatoms. The first-order chi connectivity index (χ1) is 10.8. The highest BCUT2D eigenvalue weighted by molar-refractivity contribution is 7.07. The molecule has 5 nitrogen and oxygen atoms in total. The van der Waals surface area contributed by atoms with Gasteiger partial charge in [0.15, 0.2) is 0 Å². The van der Waals surface area contributed by atoms with Crippen LogP contribution in [-0.4, -0.2) is 41.3 Å². The molecule has 23 heavy (non-hydrogen) atoms. The summed E-state index contributed by atoms with van der Waals surface area (Å²) in [6.07, 6.45) is 2.04. The van der Waals surface area contributed by atoms with E-state index >= 15 is 0 Å². The number of hydrogen-bond acceptors (Lipinski definition) is 5. The van der Waals surface area contributed by atoms with Crippen molar-refractivity contribution in [3.63, 3.8) is 0 Å². The molecule has 0 radical (unpaired) electrons. The smallest absolute Gasteiger partial charge is 0.407 e. The molecule has 1 amide bonds. The lowest BCUT2D eigenvalue weighted by molar-refractivity contribution is 0.0462. The van der Waals surface area contributed by atoms with Gasteiger partial charge >= 0.3 is 6.09 Å². The fourth-order valence-corrected chi connectivity index (χ4v) is 3.39. The van der Waals surface area contributed by atoms with Crippen LogP contribution in [-0.2, 0) is 11.3 Å². The van der Waals surface area contributed by atoms with Crippen molar-refractivity contribution in [1.29, 1.82) is 0 Å². The number of ether oxygens (including phenoxy) is 1. The van der Waals surface area contributed by atoms with E-state index in [0.717, 1.165) is 6.54 Å². The molecule has 1 saturated carbocycles. The Hall–Kier alpha value is -1.11. The molecular weight excluding hydrogens is 310 g/mol. The lowest BCUT2D eigenvalue weighted by atomic mass is 10.1. The summed E-state index contributed by atoms with van der Waals surface area (Å²) in [6, 6.07) is 2.77. The molecule has 1 aliphatic rings. The number of rotatable bonds is 7. The first kappa shape index (κ1) is 18.2. The molecule has 1 heterocycles. The zero-order chi connectivity index (χ0) is 17.0. The third kappa shape index (κ3) is 5.79. The van der Waals surface area contributed by atoms with Gasteiger partial charge in [-0.3, -0.25) is 4.90 Å². The van der Waals surface area contributed by atoms with Crippen molar-refractivity contribution in [3.05, 3.63) is 22.4 Å². The minimum Gasteiger partial charge on any atom is -0.444 e. The number of nitrogens with two attached hydrogens (primary N) is 1. The van der Waals surface area contributed by atoms with Crippen LogP contribution in [0.4, 0.5) is 4.79 Å². The van der Waals surface area contributed by atoms with Gasteiger partial charge < -0.3 is 15.8 Å². The van der Waals surface area contributed by atoms with Crippen LogP contribution in [0.2, 0.25) is 0 Å². The first-order valence-electron chi connectivity index (χ1n) is 8.26. The van der Waals surface area contributed by atoms with E-state index in [1.54, 1.807) is 11.3 Å². The van der Waals surface area contributed by atoms with Crippen molar-refractivity contribution < 1.29 is 9.53 Å². The molecule has 2 atom stereocenters. The Morgan fingerprint density at radius 1 is 1.52 bits per heavy atom. The molecule has 0 saturated heterocycles. The van der Waals surface area contributed by atoms with E-state index in [0.29, 0.717) is 12.6 Å². The summed E-state index contributed by atoms with van der Waals surface area (Å²) >= 11 is 1.71. The second-order valence-corrected chi connectivity index (χ2v) is 8.05. The average molecular weight is 340 g/mol. The standard InChI is InChI=1S/C17H29N3O2S/c1-12(19-16(21)22-17(2,3)4)15(9-18)20(14-5-6-14)10-13-7-8-23-11-13/h7-8,11-12,14-15H,5-6,9-10,18H2,1-4H3,(H,19,21). The van der Waals surface area contributed by atoms with Gasteiger partial charge in [0.05, 0.1) is 0 Å². The molecule has 130 valence electrons. The van der Waals surface area contributed by atoms with E-state index < -0.39 is 5.60 Å². The predicted octanol–water partition coefficient (Wildman–Crippen LogP) is 2.95. The molecule has 2 rings (SSSR count). The van der Waals surface area contributed by atoms with E-state index in [2.05, 4.69) is 27.0 Å². The van der Waals surface area contributed by atoms with E-state index in [1.165, 1.54) is 18.4 Å². The molecule has 3 N–H and O–H groups in total. The largest absolute Gasteiger partial charge is 0.444 e. The van der Waals surface area contributed by atoms with Crippen molar-refractivity contribution in [3.8, 4) is 0 Å². The van der Waals surface area contributed by atoms with Crippen LogP contribution in [0, 0.1) is 0 Å². The van der Waals surface area contributed by atoms with Crippen molar-refractivity contribution >= 4 is 17.4 Å². The predicted molar refractivity (Wildman–Crippen MR) is 94.6 cm³/mol. The van der Waals surface area contributed by atoms with E-state index in [1.807, 2.05) is 27.7 Å². The summed E-state index contributed by atoms with van der Waals surface area (Å²) in [7, 11) is 0. The van der Waals surface area contributed by atoms with Crippen LogP contribution in [0.5, 0.6) is 0 Å². The van der Waals surface area contributed by atoms with Gasteiger partial charge in [-0.05, 0) is 62.9 Å². The molecule has 2 unspecified atom stereocenters. The minimum atomic E-state index is -0.491. The summed E-state index contributed by atoms with van der Waals surface area (Å²) in [4.78, 5) is 14.5. The lowest BCUT2D eigenvalue weighted by Gasteiger charge is -2.35. The van der Waals surface area contributed by atoms with Crippen LogP contribution in [0.1, 0.15) is 46.1 Å². The highest BCUT2D eigenvalue weighted by Gasteiger charge is 2.36. The highest BCUT2D eigenvalue weighted by Crippen LogP contribution is 2.31. The quantitative estimate of drug-likeness (QED) is 0.801. The van der Waals surface area contributed by atoms with E-state index in [9.17, 15) is 4.79 Å². The minimum absolute atomic E-state index is 0.0610. The number of thiophene rings is 1. The van der Waals surface area contributed by atoms with Gasteiger partial charge in [-0.1, -0.05) is 0 Å². The summed E-state index contributed by atoms with van der Waals surface area (Å²) in [5.41, 5.74) is 6.86. The van der Waals surface area contributed by atoms with Crippen molar-refractivity contribution in [2.24, 2.45) is 5.73 Å². The molecule has 0 aromatic carbocycles. The van der Waals surface area contributed by atoms with Gasteiger partial charge in [0.2, 0.25) is 0 Å². The Labute approximate surface area is 143 Å². The number of carbonyl (C=O) groups is 1. The first-order valence-corrected chi connectivity index (χ1v) is 9.21. The number of carbonyl (C=O) groups excluding carboxylic acids is 1. The molecule has 0 bridgehead atoms. The van der Waals surface area contributed by atoms with E-state index in [4.69, 9.17) is 10.5 Å². The third-order valence-electron chi connectivity index (χ3n) is 3.95. The van der Waals surface area contributed by atoms with Crippen LogP contribution < -0.4 is 11.1 Å². The molecule has 0 spiro atoms. The topological polar surface area (TPSA) is 67.6 Å². The number of amides is 1. The van der Waals surface area contributed by atoms with Gasteiger partial charge in [0.1, 0.15) is 5.60 Å². The molecule has 1 fully saturated rings. The molecule has 1 aromatic rings. The zero-order valence-electron chi connectivity index (χ0n) is 14.5. The maximum atomic E-state index is 12.0. The Morgan fingerprint density at radius 3 is 2.70 bits per heavy atom. The van der Waals surface area contributed by atoms with Crippen LogP contribution in [0.25, 0.3) is 0 Å². The monoisotopic (exact) mass is 339 g/mol. The Bertz CT molecular complexity index is 494. The summed E-state index contributed by atoms with van der Waals surface area (Å²) < 4.78 is 5.36. The zero-order valence-corrected chi connectivity index (χ0v) is 15.4. The van der Waals surface area contributed by atoms with Crippen molar-refractivity contribution in [2.45, 2.75) is 70.8 Å². The van der Waals surface area contributed by atoms with Crippen LogP contribution in [0.3, 0.4) is 0 Å². The Kier molecular flexibility index (Phi) is 6.06. The van der Waals surface area contributed by atoms with Crippen LogP contribution >= 0.6 is 11.3 Å². The van der Waals surface area contributed by atoms with Crippen molar-refractivity contribution in [2.75, 3.05) is 6.54 Å². The lowest BCUT2D eigenvalue weighted by Crippen LogP contribution is -2.54. The van der Waals surface area contributed by atoms with Crippen molar-refractivity contribution in [1.82, 2.24) is 10.2 Å². The second kappa shape index (κ2) is 7.64. The maximum absolute atomic E-state index is 12.0. The summed E-state index contributed by atoms with van der Waals surface area (Å²) in [5.74, 6) is 0. The van der Waals surface area contributed by atoms with Gasteiger partial charge in [-0.15, -0.1) is 0 Å². The summed E-state index contributed by atoms with van der Waals surface area (Å²) in [6.45, 7) is 9.00. The van der Waals surface area contributed by atoms with Gasteiger partial charge in [-0.25, -0.2) is 4.79 Å². The Morgan fingerprint density at radius 2 is 2.22 bits per heavy atom. The van der Waals surface area contributed by atoms with Gasteiger partial charge in [0.25, 0.3) is 0 Å². The fraction of sp³-hybridized carbons (Fsp3) is 0.706. The molecule has 0 aliphatic heterocycles. The third-order valence-corrected chi connectivity index (χ3v) is 4.68. The highest BCUT2D eigenvalue weighted by atomic mass is 32.1. The maximum Gasteiger partial charge on any atom is 0.407 e. The second-order valence-electron chi connectivity index (χ2n) is 7.27. The average Bonchev–Trinajstić information content (AvgIpc) is 3.14. The SMILES string of the molecule is CC(NC(=O)OC(C)(C)C)C(CN)N(Cc1ccsc1)C1CC1. The number of nitrogens with one attached hydrogen (secondary N) is 1.